The van der Waals surface area contributed by atoms with Crippen molar-refractivity contribution in [2.24, 2.45) is 0 Å². The second-order valence-electron chi connectivity index (χ2n) is 7.04. The van der Waals surface area contributed by atoms with Gasteiger partial charge in [0.05, 0.1) is 11.7 Å². The van der Waals surface area contributed by atoms with Gasteiger partial charge in [-0.05, 0) is 55.5 Å². The minimum Gasteiger partial charge on any atom is -0.348 e. The van der Waals surface area contributed by atoms with Gasteiger partial charge in [-0.2, -0.15) is 0 Å². The molecule has 0 bridgehead atoms. The van der Waals surface area contributed by atoms with Crippen LogP contribution in [-0.4, -0.2) is 20.9 Å². The van der Waals surface area contributed by atoms with E-state index in [0.29, 0.717) is 0 Å². The van der Waals surface area contributed by atoms with E-state index in [2.05, 4.69) is 5.32 Å². The van der Waals surface area contributed by atoms with E-state index < -0.39 is 28.3 Å². The van der Waals surface area contributed by atoms with Crippen molar-refractivity contribution >= 4 is 33.0 Å². The Bertz CT molecular complexity index is 1140. The molecule has 0 fully saturated rings. The fourth-order valence-electron chi connectivity index (χ4n) is 3.28. The third-order valence-electron chi connectivity index (χ3n) is 4.72. The van der Waals surface area contributed by atoms with Gasteiger partial charge in [0.15, 0.2) is 0 Å². The van der Waals surface area contributed by atoms with Crippen molar-refractivity contribution in [3.63, 3.8) is 0 Å². The molecule has 0 aliphatic rings. The van der Waals surface area contributed by atoms with Crippen molar-refractivity contribution in [2.75, 3.05) is 10.8 Å². The van der Waals surface area contributed by atoms with E-state index in [1.165, 1.54) is 30.3 Å². The summed E-state index contributed by atoms with van der Waals surface area (Å²) < 4.78 is 41.5. The highest BCUT2D eigenvalue weighted by Crippen LogP contribution is 2.28. The molecule has 1 aromatic heterocycles. The Morgan fingerprint density at radius 3 is 2.50 bits per heavy atom. The number of hydrogen-bond donors (Lipinski definition) is 1. The monoisotopic (exact) mass is 446 g/mol. The number of aryl methyl sites for hydroxylation is 2. The second-order valence-corrected chi connectivity index (χ2v) is 10.1. The number of carbonyl (C=O) groups is 1. The Morgan fingerprint density at radius 2 is 1.87 bits per heavy atom. The van der Waals surface area contributed by atoms with Crippen molar-refractivity contribution in [3.05, 3.63) is 82.5 Å². The number of anilines is 1. The summed E-state index contributed by atoms with van der Waals surface area (Å²) in [6.45, 7) is 5.24. The zero-order valence-corrected chi connectivity index (χ0v) is 18.6. The van der Waals surface area contributed by atoms with Gasteiger partial charge >= 0.3 is 0 Å². The van der Waals surface area contributed by atoms with Crippen LogP contribution < -0.4 is 9.62 Å². The van der Waals surface area contributed by atoms with Crippen LogP contribution in [0.25, 0.3) is 0 Å². The predicted octanol–water partition coefficient (Wildman–Crippen LogP) is 4.58. The van der Waals surface area contributed by atoms with Gasteiger partial charge in [-0.25, -0.2) is 12.8 Å². The molecule has 0 radical (unpaired) electrons. The zero-order valence-electron chi connectivity index (χ0n) is 16.9. The normalized spacial score (nSPS) is 12.4. The number of hydrogen-bond acceptors (Lipinski definition) is 4. The molecule has 1 amide bonds. The molecule has 5 nitrogen and oxygen atoms in total. The average molecular weight is 447 g/mol. The summed E-state index contributed by atoms with van der Waals surface area (Å²) in [6.07, 6.45) is 0. The minimum atomic E-state index is -4.09. The number of sulfonamides is 1. The Hall–Kier alpha value is -2.71. The third-order valence-corrected chi connectivity index (χ3v) is 7.85. The molecule has 2 aromatic carbocycles. The van der Waals surface area contributed by atoms with E-state index in [0.717, 1.165) is 32.3 Å². The maximum Gasteiger partial charge on any atom is 0.274 e. The molecule has 0 spiro atoms. The van der Waals surface area contributed by atoms with Crippen LogP contribution in [0.1, 0.15) is 29.7 Å². The van der Waals surface area contributed by atoms with E-state index in [9.17, 15) is 17.6 Å². The van der Waals surface area contributed by atoms with Crippen LogP contribution in [0.5, 0.6) is 0 Å². The zero-order chi connectivity index (χ0) is 21.9. The smallest absolute Gasteiger partial charge is 0.274 e. The molecule has 1 heterocycles. The molecule has 3 aromatic rings. The lowest BCUT2D eigenvalue weighted by atomic mass is 10.0. The molecule has 0 aliphatic heterocycles. The number of rotatable bonds is 7. The van der Waals surface area contributed by atoms with Crippen molar-refractivity contribution in [1.82, 2.24) is 5.32 Å². The maximum atomic E-state index is 14.4. The second kappa shape index (κ2) is 8.97. The van der Waals surface area contributed by atoms with Crippen molar-refractivity contribution in [3.8, 4) is 0 Å². The summed E-state index contributed by atoms with van der Waals surface area (Å²) in [6, 6.07) is 14.1. The lowest BCUT2D eigenvalue weighted by molar-refractivity contribution is -0.120. The highest BCUT2D eigenvalue weighted by Gasteiger charge is 2.30. The first-order valence-electron chi connectivity index (χ1n) is 9.37. The number of amides is 1. The van der Waals surface area contributed by atoms with Gasteiger partial charge in [-0.1, -0.05) is 42.0 Å². The lowest BCUT2D eigenvalue weighted by Gasteiger charge is -2.25. The molecule has 0 saturated heterocycles. The number of carbonyl (C=O) groups excluding carboxylic acids is 1. The standard InChI is InChI=1S/C22H23FN2O3S2/c1-15-10-11-18(16(2)13-15)17(3)24-21(26)14-25(20-8-5-4-7-19(20)23)30(27,28)22-9-6-12-29-22/h4-13,17H,14H2,1-3H3,(H,24,26)/t17-/m0/s1. The van der Waals surface area contributed by atoms with Crippen LogP contribution in [0.2, 0.25) is 0 Å². The number of para-hydroxylation sites is 1. The molecule has 1 N–H and O–H groups in total. The van der Waals surface area contributed by atoms with Crippen LogP contribution in [0.4, 0.5) is 10.1 Å². The molecule has 158 valence electrons. The summed E-state index contributed by atoms with van der Waals surface area (Å²) in [5.74, 6) is -1.24. The van der Waals surface area contributed by atoms with Gasteiger partial charge in [-0.3, -0.25) is 9.10 Å². The average Bonchev–Trinajstić information content (AvgIpc) is 3.22. The quantitative estimate of drug-likeness (QED) is 0.578. The highest BCUT2D eigenvalue weighted by atomic mass is 32.2. The largest absolute Gasteiger partial charge is 0.348 e. The van der Waals surface area contributed by atoms with Crippen LogP contribution in [-0.2, 0) is 14.8 Å². The first-order chi connectivity index (χ1) is 14.2. The van der Waals surface area contributed by atoms with E-state index in [-0.39, 0.29) is 15.9 Å². The van der Waals surface area contributed by atoms with Crippen LogP contribution >= 0.6 is 11.3 Å². The maximum absolute atomic E-state index is 14.4. The summed E-state index contributed by atoms with van der Waals surface area (Å²) in [5.41, 5.74) is 2.91. The molecule has 0 unspecified atom stereocenters. The summed E-state index contributed by atoms with van der Waals surface area (Å²) in [7, 11) is -4.09. The van der Waals surface area contributed by atoms with Gasteiger partial charge in [-0.15, -0.1) is 11.3 Å². The van der Waals surface area contributed by atoms with E-state index in [4.69, 9.17) is 0 Å². The van der Waals surface area contributed by atoms with Gasteiger partial charge < -0.3 is 5.32 Å². The van der Waals surface area contributed by atoms with Crippen molar-refractivity contribution < 1.29 is 17.6 Å². The summed E-state index contributed by atoms with van der Waals surface area (Å²) in [4.78, 5) is 12.8. The Morgan fingerprint density at radius 1 is 1.13 bits per heavy atom. The Labute approximate surface area is 180 Å². The van der Waals surface area contributed by atoms with Crippen molar-refractivity contribution in [2.45, 2.75) is 31.0 Å². The molecule has 30 heavy (non-hydrogen) atoms. The van der Waals surface area contributed by atoms with Gasteiger partial charge in [0, 0.05) is 0 Å². The molecular formula is C22H23FN2O3S2. The minimum absolute atomic E-state index is 0.0426. The molecule has 1 atom stereocenters. The molecule has 0 saturated carbocycles. The van der Waals surface area contributed by atoms with E-state index >= 15 is 0 Å². The number of nitrogens with one attached hydrogen (secondary N) is 1. The summed E-state index contributed by atoms with van der Waals surface area (Å²) >= 11 is 1.02. The lowest BCUT2D eigenvalue weighted by Crippen LogP contribution is -2.41. The van der Waals surface area contributed by atoms with E-state index in [1.807, 2.05) is 39.0 Å². The Kier molecular flexibility index (Phi) is 6.58. The SMILES string of the molecule is Cc1ccc([C@H](C)NC(=O)CN(c2ccccc2F)S(=O)(=O)c2cccs2)c(C)c1. The number of nitrogens with zero attached hydrogens (tertiary/aromatic N) is 1. The first-order valence-corrected chi connectivity index (χ1v) is 11.7. The highest BCUT2D eigenvalue weighted by molar-refractivity contribution is 7.94. The Balaban J connectivity index is 1.88. The predicted molar refractivity (Wildman–Crippen MR) is 118 cm³/mol. The topological polar surface area (TPSA) is 66.5 Å². The van der Waals surface area contributed by atoms with Gasteiger partial charge in [0.1, 0.15) is 16.6 Å². The van der Waals surface area contributed by atoms with Gasteiger partial charge in [0.25, 0.3) is 10.0 Å². The van der Waals surface area contributed by atoms with Crippen LogP contribution in [0, 0.1) is 19.7 Å². The molecule has 3 rings (SSSR count). The first kappa shape index (κ1) is 22.0. The fourth-order valence-corrected chi connectivity index (χ4v) is 5.81. The van der Waals surface area contributed by atoms with Crippen LogP contribution in [0.3, 0.4) is 0 Å². The molecule has 8 heteroatoms. The number of benzene rings is 2. The van der Waals surface area contributed by atoms with Crippen LogP contribution in [0.15, 0.2) is 64.2 Å². The van der Waals surface area contributed by atoms with Crippen molar-refractivity contribution in [1.29, 1.82) is 0 Å². The summed E-state index contributed by atoms with van der Waals surface area (Å²) in [5, 5.41) is 4.45. The number of thiophene rings is 1. The number of halogens is 1. The van der Waals surface area contributed by atoms with Gasteiger partial charge in [0.2, 0.25) is 5.91 Å². The van der Waals surface area contributed by atoms with E-state index in [1.54, 1.807) is 11.4 Å². The fraction of sp³-hybridized carbons (Fsp3) is 0.227. The third kappa shape index (κ3) is 4.71. The molecular weight excluding hydrogens is 423 g/mol. The molecule has 0 aliphatic carbocycles.